The molecule has 32 heavy (non-hydrogen) atoms. The molecule has 1 saturated heterocycles. The van der Waals surface area contributed by atoms with Gasteiger partial charge in [0.05, 0.1) is 18.5 Å². The standard InChI is InChI=1S/C21H26N4O7/c1-31-19-12-16(6-7-17(19)26)23-8-10-24(11-9-23)20(27)13-18(32-21(22)28)14-2-4-15(5-3-14)25(29)30/h2-5,7,12,16,18,26H,6,8-11,13H2,1H3,(H2,22,28). The summed E-state index contributed by atoms with van der Waals surface area (Å²) in [6, 6.07) is 5.54. The van der Waals surface area contributed by atoms with E-state index in [2.05, 4.69) is 4.90 Å². The number of nitro benzene ring substituents is 1. The summed E-state index contributed by atoms with van der Waals surface area (Å²) in [7, 11) is 1.50. The fourth-order valence-corrected chi connectivity index (χ4v) is 3.86. The second-order valence-electron chi connectivity index (χ2n) is 7.52. The molecule has 0 radical (unpaired) electrons. The predicted octanol–water partition coefficient (Wildman–Crippen LogP) is 2.01. The van der Waals surface area contributed by atoms with Gasteiger partial charge in [-0.15, -0.1) is 0 Å². The SMILES string of the molecule is COC1=CC(N2CCN(C(=O)CC(OC(N)=O)c3ccc([N+](=O)[O-])cc3)CC2)CC=C1O. The number of piperazine rings is 1. The number of benzene rings is 1. The van der Waals surface area contributed by atoms with Crippen molar-refractivity contribution in [3.05, 3.63) is 63.6 Å². The molecule has 11 heteroatoms. The number of aliphatic hydroxyl groups is 1. The van der Waals surface area contributed by atoms with Crippen LogP contribution in [0.3, 0.4) is 0 Å². The van der Waals surface area contributed by atoms with Gasteiger partial charge in [0.1, 0.15) is 6.10 Å². The summed E-state index contributed by atoms with van der Waals surface area (Å²) in [6.45, 7) is 2.25. The second-order valence-corrected chi connectivity index (χ2v) is 7.52. The number of methoxy groups -OCH3 is 1. The Morgan fingerprint density at radius 2 is 1.91 bits per heavy atom. The van der Waals surface area contributed by atoms with Crippen LogP contribution in [0.5, 0.6) is 0 Å². The predicted molar refractivity (Wildman–Crippen MR) is 113 cm³/mol. The molecule has 1 aliphatic heterocycles. The molecule has 2 amide bonds. The van der Waals surface area contributed by atoms with Gasteiger partial charge in [-0.1, -0.05) is 0 Å². The molecule has 0 bridgehead atoms. The first-order valence-electron chi connectivity index (χ1n) is 10.2. The van der Waals surface area contributed by atoms with Gasteiger partial charge >= 0.3 is 6.09 Å². The number of non-ortho nitro benzene ring substituents is 1. The van der Waals surface area contributed by atoms with Gasteiger partial charge in [0.2, 0.25) is 5.91 Å². The Labute approximate surface area is 184 Å². The van der Waals surface area contributed by atoms with Crippen LogP contribution in [0, 0.1) is 10.1 Å². The maximum atomic E-state index is 12.9. The number of hydrogen-bond donors (Lipinski definition) is 2. The number of rotatable bonds is 7. The minimum Gasteiger partial charge on any atom is -0.504 e. The van der Waals surface area contributed by atoms with E-state index in [0.29, 0.717) is 43.9 Å². The topological polar surface area (TPSA) is 148 Å². The summed E-state index contributed by atoms with van der Waals surface area (Å²) in [5.74, 6) is 0.363. The molecule has 1 aromatic rings. The van der Waals surface area contributed by atoms with E-state index in [4.69, 9.17) is 15.2 Å². The maximum absolute atomic E-state index is 12.9. The molecular weight excluding hydrogens is 420 g/mol. The Balaban J connectivity index is 1.60. The van der Waals surface area contributed by atoms with Gasteiger partial charge < -0.3 is 25.2 Å². The largest absolute Gasteiger partial charge is 0.504 e. The minimum atomic E-state index is -1.03. The Hall–Kier alpha value is -3.60. The molecule has 3 rings (SSSR count). The lowest BCUT2D eigenvalue weighted by Gasteiger charge is -2.39. The monoisotopic (exact) mass is 446 g/mol. The fraction of sp³-hybridized carbons (Fsp3) is 0.429. The normalized spacial score (nSPS) is 20.0. The third kappa shape index (κ3) is 5.55. The molecule has 11 nitrogen and oxygen atoms in total. The summed E-state index contributed by atoms with van der Waals surface area (Å²) in [6.07, 6.45) is 2.17. The number of amides is 2. The van der Waals surface area contributed by atoms with Crippen LogP contribution in [0.2, 0.25) is 0 Å². The highest BCUT2D eigenvalue weighted by Gasteiger charge is 2.29. The lowest BCUT2D eigenvalue weighted by atomic mass is 10.0. The van der Waals surface area contributed by atoms with Crippen LogP contribution in [0.15, 0.2) is 47.9 Å². The van der Waals surface area contributed by atoms with Crippen LogP contribution in [0.4, 0.5) is 10.5 Å². The number of primary amides is 1. The van der Waals surface area contributed by atoms with Crippen molar-refractivity contribution >= 4 is 17.7 Å². The molecule has 0 saturated carbocycles. The van der Waals surface area contributed by atoms with Gasteiger partial charge in [-0.3, -0.25) is 19.8 Å². The fourth-order valence-electron chi connectivity index (χ4n) is 3.86. The zero-order valence-corrected chi connectivity index (χ0v) is 17.7. The van der Waals surface area contributed by atoms with Gasteiger partial charge in [-0.2, -0.15) is 0 Å². The highest BCUT2D eigenvalue weighted by Crippen LogP contribution is 2.26. The first kappa shape index (κ1) is 23.1. The van der Waals surface area contributed by atoms with E-state index in [0.717, 1.165) is 0 Å². The zero-order chi connectivity index (χ0) is 23.3. The maximum Gasteiger partial charge on any atom is 0.405 e. The molecule has 1 heterocycles. The van der Waals surface area contributed by atoms with Gasteiger partial charge in [-0.05, 0) is 36.3 Å². The summed E-state index contributed by atoms with van der Waals surface area (Å²) < 4.78 is 10.3. The lowest BCUT2D eigenvalue weighted by Crippen LogP contribution is -2.52. The van der Waals surface area contributed by atoms with Crippen molar-refractivity contribution in [3.63, 3.8) is 0 Å². The first-order chi connectivity index (χ1) is 15.3. The van der Waals surface area contributed by atoms with E-state index >= 15 is 0 Å². The van der Waals surface area contributed by atoms with Gasteiger partial charge in [0.25, 0.3) is 5.69 Å². The number of nitrogens with zero attached hydrogens (tertiary/aromatic N) is 3. The molecule has 1 aromatic carbocycles. The summed E-state index contributed by atoms with van der Waals surface area (Å²) in [5, 5.41) is 20.6. The smallest absolute Gasteiger partial charge is 0.405 e. The number of nitrogens with two attached hydrogens (primary N) is 1. The average Bonchev–Trinajstić information content (AvgIpc) is 2.79. The second kappa shape index (κ2) is 10.1. The van der Waals surface area contributed by atoms with E-state index in [9.17, 15) is 24.8 Å². The Bertz CT molecular complexity index is 921. The van der Waals surface area contributed by atoms with E-state index in [-0.39, 0.29) is 29.8 Å². The molecule has 2 unspecified atom stereocenters. The van der Waals surface area contributed by atoms with Gasteiger partial charge in [0, 0.05) is 44.4 Å². The van der Waals surface area contributed by atoms with Gasteiger partial charge in [0.15, 0.2) is 11.5 Å². The summed E-state index contributed by atoms with van der Waals surface area (Å²) in [5.41, 5.74) is 5.50. The number of ether oxygens (including phenoxy) is 2. The average molecular weight is 446 g/mol. The van der Waals surface area contributed by atoms with E-state index in [1.807, 2.05) is 6.08 Å². The van der Waals surface area contributed by atoms with Crippen LogP contribution in [-0.4, -0.2) is 71.2 Å². The van der Waals surface area contributed by atoms with Crippen molar-refractivity contribution in [2.45, 2.75) is 25.0 Å². The van der Waals surface area contributed by atoms with Crippen LogP contribution in [0.25, 0.3) is 0 Å². The van der Waals surface area contributed by atoms with Crippen molar-refractivity contribution in [3.8, 4) is 0 Å². The number of carbonyl (C=O) groups excluding carboxylic acids is 2. The molecule has 2 aliphatic rings. The Morgan fingerprint density at radius 3 is 2.47 bits per heavy atom. The van der Waals surface area contributed by atoms with E-state index < -0.39 is 17.1 Å². The molecule has 0 aromatic heterocycles. The summed E-state index contributed by atoms with van der Waals surface area (Å²) >= 11 is 0. The van der Waals surface area contributed by atoms with Crippen molar-refractivity contribution in [1.82, 2.24) is 9.80 Å². The first-order valence-corrected chi connectivity index (χ1v) is 10.2. The van der Waals surface area contributed by atoms with Crippen LogP contribution >= 0.6 is 0 Å². The van der Waals surface area contributed by atoms with E-state index in [1.54, 1.807) is 11.0 Å². The van der Waals surface area contributed by atoms with E-state index in [1.165, 1.54) is 31.4 Å². The molecule has 3 N–H and O–H groups in total. The number of carbonyl (C=O) groups is 2. The van der Waals surface area contributed by atoms with Crippen LogP contribution in [0.1, 0.15) is 24.5 Å². The van der Waals surface area contributed by atoms with Crippen LogP contribution in [-0.2, 0) is 14.3 Å². The van der Waals surface area contributed by atoms with Gasteiger partial charge in [-0.25, -0.2) is 4.79 Å². The highest BCUT2D eigenvalue weighted by molar-refractivity contribution is 5.77. The molecule has 1 aliphatic carbocycles. The molecule has 2 atom stereocenters. The Morgan fingerprint density at radius 1 is 1.25 bits per heavy atom. The summed E-state index contributed by atoms with van der Waals surface area (Å²) in [4.78, 5) is 38.4. The Kier molecular flexibility index (Phi) is 7.31. The quantitative estimate of drug-likeness (QED) is 0.477. The molecule has 0 spiro atoms. The van der Waals surface area contributed by atoms with Crippen molar-refractivity contribution in [2.75, 3.05) is 33.3 Å². The molecular formula is C21H26N4O7. The number of hydrogen-bond acceptors (Lipinski definition) is 8. The van der Waals surface area contributed by atoms with Crippen molar-refractivity contribution in [2.24, 2.45) is 5.73 Å². The molecule has 1 fully saturated rings. The zero-order valence-electron chi connectivity index (χ0n) is 17.7. The van der Waals surface area contributed by atoms with Crippen LogP contribution < -0.4 is 5.73 Å². The van der Waals surface area contributed by atoms with Crippen molar-refractivity contribution < 1.29 is 29.1 Å². The third-order valence-corrected chi connectivity index (χ3v) is 5.60. The third-order valence-electron chi connectivity index (χ3n) is 5.60. The lowest BCUT2D eigenvalue weighted by molar-refractivity contribution is -0.384. The van der Waals surface area contributed by atoms with Crippen molar-refractivity contribution in [1.29, 1.82) is 0 Å². The number of nitro groups is 1. The highest BCUT2D eigenvalue weighted by atomic mass is 16.6. The number of aliphatic hydroxyl groups excluding tert-OH is 1. The molecule has 172 valence electrons. The minimum absolute atomic E-state index is 0.0733.